The van der Waals surface area contributed by atoms with Crippen molar-refractivity contribution >= 4 is 11.9 Å². The van der Waals surface area contributed by atoms with Crippen LogP contribution in [0.2, 0.25) is 0 Å². The minimum Gasteiger partial charge on any atom is -0.490 e. The molecule has 0 saturated heterocycles. The van der Waals surface area contributed by atoms with E-state index in [9.17, 15) is 13.6 Å². The highest BCUT2D eigenvalue weighted by Crippen LogP contribution is 2.32. The van der Waals surface area contributed by atoms with Crippen LogP contribution in [0.4, 0.5) is 8.78 Å². The number of ether oxygens (including phenoxy) is 2. The lowest BCUT2D eigenvalue weighted by Gasteiger charge is -2.17. The molecule has 1 aromatic carbocycles. The second kappa shape index (κ2) is 11.1. The van der Waals surface area contributed by atoms with Crippen LogP contribution in [0.1, 0.15) is 18.9 Å². The first-order valence-electron chi connectivity index (χ1n) is 8.23. The normalized spacial score (nSPS) is 11.3. The lowest BCUT2D eigenvalue weighted by molar-refractivity contribution is -0.128. The average molecular weight is 372 g/mol. The van der Waals surface area contributed by atoms with Gasteiger partial charge < -0.3 is 25.0 Å². The van der Waals surface area contributed by atoms with Gasteiger partial charge in [0.2, 0.25) is 5.91 Å². The Kier molecular flexibility index (Phi) is 9.18. The van der Waals surface area contributed by atoms with Gasteiger partial charge in [0.05, 0.1) is 6.61 Å². The lowest BCUT2D eigenvalue weighted by atomic mass is 10.2. The third-order valence-electron chi connectivity index (χ3n) is 3.37. The van der Waals surface area contributed by atoms with Gasteiger partial charge in [-0.3, -0.25) is 9.79 Å². The summed E-state index contributed by atoms with van der Waals surface area (Å²) in [6.45, 7) is -0.262. The third-order valence-corrected chi connectivity index (χ3v) is 3.37. The molecule has 0 heterocycles. The molecule has 1 amide bonds. The summed E-state index contributed by atoms with van der Waals surface area (Å²) in [6.07, 6.45) is 0.313. The smallest absolute Gasteiger partial charge is 0.387 e. The number of nitrogens with zero attached hydrogens (tertiary/aromatic N) is 2. The van der Waals surface area contributed by atoms with Crippen LogP contribution in [0.25, 0.3) is 0 Å². The minimum atomic E-state index is -2.95. The molecule has 0 radical (unpaired) electrons. The van der Waals surface area contributed by atoms with Gasteiger partial charge >= 0.3 is 6.61 Å². The Morgan fingerprint density at radius 1 is 1.31 bits per heavy atom. The maximum atomic E-state index is 12.7. The van der Waals surface area contributed by atoms with Crippen molar-refractivity contribution < 1.29 is 23.0 Å². The molecule has 2 N–H and O–H groups in total. The maximum absolute atomic E-state index is 12.7. The number of para-hydroxylation sites is 1. The standard InChI is InChI=1S/C17H26F2N4O3/c1-5-25-13-8-6-7-12(15(13)26-16(18)19)11-22-17(20-2)21-10-9-14(24)23(3)4/h6-8,16H,5,9-11H2,1-4H3,(H2,20,21,22). The number of hydrogen-bond donors (Lipinski definition) is 2. The molecule has 7 nitrogen and oxygen atoms in total. The number of benzene rings is 1. The summed E-state index contributed by atoms with van der Waals surface area (Å²) < 4.78 is 35.4. The molecule has 1 aromatic rings. The van der Waals surface area contributed by atoms with Crippen LogP contribution in [-0.2, 0) is 11.3 Å². The van der Waals surface area contributed by atoms with Gasteiger partial charge in [0.15, 0.2) is 17.5 Å². The SMILES string of the molecule is CCOc1cccc(CNC(=NC)NCCC(=O)N(C)C)c1OC(F)F. The number of rotatable bonds is 9. The molecule has 146 valence electrons. The van der Waals surface area contributed by atoms with Crippen molar-refractivity contribution in [1.82, 2.24) is 15.5 Å². The molecule has 0 unspecified atom stereocenters. The predicted octanol–water partition coefficient (Wildman–Crippen LogP) is 1.83. The molecule has 9 heteroatoms. The van der Waals surface area contributed by atoms with Gasteiger partial charge in [0.25, 0.3) is 0 Å². The average Bonchev–Trinajstić information content (AvgIpc) is 2.59. The van der Waals surface area contributed by atoms with Crippen LogP contribution in [0, 0.1) is 0 Å². The fourth-order valence-corrected chi connectivity index (χ4v) is 2.10. The van der Waals surface area contributed by atoms with Gasteiger partial charge in [-0.05, 0) is 13.0 Å². The first-order valence-corrected chi connectivity index (χ1v) is 8.23. The van der Waals surface area contributed by atoms with Crippen molar-refractivity contribution in [2.24, 2.45) is 4.99 Å². The number of alkyl halides is 2. The van der Waals surface area contributed by atoms with E-state index in [1.165, 1.54) is 4.90 Å². The van der Waals surface area contributed by atoms with Crippen molar-refractivity contribution in [2.75, 3.05) is 34.3 Å². The van der Waals surface area contributed by atoms with Crippen LogP contribution < -0.4 is 20.1 Å². The van der Waals surface area contributed by atoms with Crippen molar-refractivity contribution in [3.8, 4) is 11.5 Å². The first kappa shape index (κ1) is 21.5. The summed E-state index contributed by atoms with van der Waals surface area (Å²) in [4.78, 5) is 17.1. The van der Waals surface area contributed by atoms with Crippen molar-refractivity contribution in [2.45, 2.75) is 26.5 Å². The highest BCUT2D eigenvalue weighted by Gasteiger charge is 2.16. The van der Waals surface area contributed by atoms with Gasteiger partial charge in [-0.1, -0.05) is 12.1 Å². The molecule has 1 rings (SSSR count). The van der Waals surface area contributed by atoms with E-state index in [0.717, 1.165) is 0 Å². The molecule has 0 aliphatic rings. The third kappa shape index (κ3) is 7.12. The van der Waals surface area contributed by atoms with Crippen molar-refractivity contribution in [3.63, 3.8) is 0 Å². The predicted molar refractivity (Wildman–Crippen MR) is 95.8 cm³/mol. The first-order chi connectivity index (χ1) is 12.4. The summed E-state index contributed by atoms with van der Waals surface area (Å²) in [5.41, 5.74) is 0.503. The summed E-state index contributed by atoms with van der Waals surface area (Å²) in [5.74, 6) is 0.688. The number of guanidine groups is 1. The van der Waals surface area contributed by atoms with E-state index in [-0.39, 0.29) is 24.0 Å². The molecule has 0 saturated carbocycles. The fourth-order valence-electron chi connectivity index (χ4n) is 2.10. The Balaban J connectivity index is 2.72. The zero-order valence-electron chi connectivity index (χ0n) is 15.5. The van der Waals surface area contributed by atoms with E-state index < -0.39 is 6.61 Å². The number of aliphatic imine (C=N–C) groups is 1. The van der Waals surface area contributed by atoms with Crippen LogP contribution >= 0.6 is 0 Å². The molecule has 0 aliphatic carbocycles. The Morgan fingerprint density at radius 3 is 2.62 bits per heavy atom. The fraction of sp³-hybridized carbons (Fsp3) is 0.529. The molecular weight excluding hydrogens is 346 g/mol. The Hall–Kier alpha value is -2.58. The van der Waals surface area contributed by atoms with E-state index in [1.54, 1.807) is 46.3 Å². The van der Waals surface area contributed by atoms with E-state index in [1.807, 2.05) is 0 Å². The van der Waals surface area contributed by atoms with E-state index in [0.29, 0.717) is 31.1 Å². The minimum absolute atomic E-state index is 0.00455. The maximum Gasteiger partial charge on any atom is 0.387 e. The molecule has 0 fully saturated rings. The quantitative estimate of drug-likeness (QED) is 0.511. The largest absolute Gasteiger partial charge is 0.490 e. The molecule has 0 atom stereocenters. The topological polar surface area (TPSA) is 75.2 Å². The number of nitrogens with one attached hydrogen (secondary N) is 2. The summed E-state index contributed by atoms with van der Waals surface area (Å²) in [5, 5.41) is 6.00. The second-order valence-corrected chi connectivity index (χ2v) is 5.45. The van der Waals surface area contributed by atoms with Crippen molar-refractivity contribution in [3.05, 3.63) is 23.8 Å². The Labute approximate surface area is 152 Å². The van der Waals surface area contributed by atoms with E-state index in [4.69, 9.17) is 4.74 Å². The summed E-state index contributed by atoms with van der Waals surface area (Å²) in [6, 6.07) is 4.94. The van der Waals surface area contributed by atoms with Gasteiger partial charge in [-0.25, -0.2) is 0 Å². The Morgan fingerprint density at radius 2 is 2.04 bits per heavy atom. The number of carbonyl (C=O) groups is 1. The molecular formula is C17H26F2N4O3. The van der Waals surface area contributed by atoms with Crippen LogP contribution in [0.15, 0.2) is 23.2 Å². The van der Waals surface area contributed by atoms with Crippen LogP contribution in [0.5, 0.6) is 11.5 Å². The molecule has 0 aliphatic heterocycles. The zero-order valence-corrected chi connectivity index (χ0v) is 15.5. The monoisotopic (exact) mass is 372 g/mol. The lowest BCUT2D eigenvalue weighted by Crippen LogP contribution is -2.38. The molecule has 0 bridgehead atoms. The van der Waals surface area contributed by atoms with Gasteiger partial charge in [-0.2, -0.15) is 8.78 Å². The molecule has 0 aromatic heterocycles. The zero-order chi connectivity index (χ0) is 19.5. The number of carbonyl (C=O) groups excluding carboxylic acids is 1. The van der Waals surface area contributed by atoms with E-state index >= 15 is 0 Å². The van der Waals surface area contributed by atoms with E-state index in [2.05, 4.69) is 20.4 Å². The summed E-state index contributed by atoms with van der Waals surface area (Å²) in [7, 11) is 4.95. The molecule has 26 heavy (non-hydrogen) atoms. The Bertz CT molecular complexity index is 610. The van der Waals surface area contributed by atoms with Gasteiger partial charge in [-0.15, -0.1) is 0 Å². The highest BCUT2D eigenvalue weighted by atomic mass is 19.3. The number of halogens is 2. The van der Waals surface area contributed by atoms with Gasteiger partial charge in [0.1, 0.15) is 0 Å². The van der Waals surface area contributed by atoms with Crippen LogP contribution in [0.3, 0.4) is 0 Å². The number of amides is 1. The second-order valence-electron chi connectivity index (χ2n) is 5.45. The summed E-state index contributed by atoms with van der Waals surface area (Å²) >= 11 is 0. The molecule has 0 spiro atoms. The van der Waals surface area contributed by atoms with Crippen LogP contribution in [-0.4, -0.2) is 57.7 Å². The van der Waals surface area contributed by atoms with Crippen molar-refractivity contribution in [1.29, 1.82) is 0 Å². The van der Waals surface area contributed by atoms with Gasteiger partial charge in [0, 0.05) is 46.2 Å². The number of hydrogen-bond acceptors (Lipinski definition) is 4. The highest BCUT2D eigenvalue weighted by molar-refractivity contribution is 5.81.